The molecule has 24 heavy (non-hydrogen) atoms. The lowest BCUT2D eigenvalue weighted by Crippen LogP contribution is -2.29. The van der Waals surface area contributed by atoms with Crippen molar-refractivity contribution in [3.8, 4) is 5.75 Å². The summed E-state index contributed by atoms with van der Waals surface area (Å²) in [5, 5.41) is 3.39. The Morgan fingerprint density at radius 1 is 1.25 bits per heavy atom. The van der Waals surface area contributed by atoms with E-state index in [0.717, 1.165) is 0 Å². The third-order valence-electron chi connectivity index (χ3n) is 3.46. The summed E-state index contributed by atoms with van der Waals surface area (Å²) in [6, 6.07) is 13.5. The summed E-state index contributed by atoms with van der Waals surface area (Å²) < 4.78 is 5.23. The maximum Gasteiger partial charge on any atom is 0.238 e. The van der Waals surface area contributed by atoms with Crippen molar-refractivity contribution in [3.63, 3.8) is 0 Å². The van der Waals surface area contributed by atoms with Gasteiger partial charge in [0, 0.05) is 16.5 Å². The number of ether oxygens (including phenoxy) is 1. The van der Waals surface area contributed by atoms with Crippen LogP contribution in [0.2, 0.25) is 5.02 Å². The number of halogens is 1. The zero-order chi connectivity index (χ0) is 17.5. The Hall–Kier alpha value is -1.69. The SMILES string of the molecule is COc1ccc(Cl)cc1NC(=O)CN(C)Cc1ccc(SC)cc1. The average molecular weight is 365 g/mol. The Balaban J connectivity index is 1.92. The van der Waals surface area contributed by atoms with Crippen molar-refractivity contribution in [2.24, 2.45) is 0 Å². The molecule has 0 unspecified atom stereocenters. The Morgan fingerprint density at radius 2 is 1.96 bits per heavy atom. The molecule has 1 amide bonds. The Bertz CT molecular complexity index is 692. The van der Waals surface area contributed by atoms with Crippen molar-refractivity contribution in [1.29, 1.82) is 0 Å². The minimum absolute atomic E-state index is 0.112. The van der Waals surface area contributed by atoms with Gasteiger partial charge in [0.15, 0.2) is 0 Å². The molecule has 0 aliphatic rings. The fraction of sp³-hybridized carbons (Fsp3) is 0.278. The fourth-order valence-corrected chi connectivity index (χ4v) is 2.89. The minimum atomic E-state index is -0.112. The number of anilines is 1. The van der Waals surface area contributed by atoms with Crippen LogP contribution in [0.3, 0.4) is 0 Å². The molecule has 0 bridgehead atoms. The highest BCUT2D eigenvalue weighted by molar-refractivity contribution is 7.98. The summed E-state index contributed by atoms with van der Waals surface area (Å²) in [5.41, 5.74) is 1.75. The molecule has 4 nitrogen and oxygen atoms in total. The van der Waals surface area contributed by atoms with Gasteiger partial charge in [0.1, 0.15) is 5.75 Å². The summed E-state index contributed by atoms with van der Waals surface area (Å²) in [4.78, 5) is 15.4. The molecule has 2 rings (SSSR count). The first kappa shape index (κ1) is 18.6. The number of hydrogen-bond acceptors (Lipinski definition) is 4. The van der Waals surface area contributed by atoms with Crippen LogP contribution in [0.4, 0.5) is 5.69 Å². The van der Waals surface area contributed by atoms with Crippen LogP contribution in [0.25, 0.3) is 0 Å². The second-order valence-corrected chi connectivity index (χ2v) is 6.73. The van der Waals surface area contributed by atoms with E-state index in [4.69, 9.17) is 16.3 Å². The zero-order valence-corrected chi connectivity index (χ0v) is 15.6. The predicted molar refractivity (Wildman–Crippen MR) is 101 cm³/mol. The van der Waals surface area contributed by atoms with Gasteiger partial charge in [0.2, 0.25) is 5.91 Å². The minimum Gasteiger partial charge on any atom is -0.495 e. The van der Waals surface area contributed by atoms with Crippen LogP contribution < -0.4 is 10.1 Å². The van der Waals surface area contributed by atoms with E-state index in [-0.39, 0.29) is 12.5 Å². The van der Waals surface area contributed by atoms with Gasteiger partial charge >= 0.3 is 0 Å². The number of likely N-dealkylation sites (N-methyl/N-ethyl adjacent to an activating group) is 1. The summed E-state index contributed by atoms with van der Waals surface area (Å²) in [6.45, 7) is 0.981. The number of benzene rings is 2. The first-order chi connectivity index (χ1) is 11.5. The Labute approximate surface area is 152 Å². The first-order valence-corrected chi connectivity index (χ1v) is 9.07. The summed E-state index contributed by atoms with van der Waals surface area (Å²) in [5.74, 6) is 0.474. The molecule has 0 aromatic heterocycles. The van der Waals surface area contributed by atoms with Crippen LogP contribution in [0.1, 0.15) is 5.56 Å². The van der Waals surface area contributed by atoms with Gasteiger partial charge in [-0.25, -0.2) is 0 Å². The molecule has 0 fully saturated rings. The Kier molecular flexibility index (Phi) is 6.97. The second kappa shape index (κ2) is 8.97. The van der Waals surface area contributed by atoms with E-state index in [0.29, 0.717) is 23.0 Å². The maximum absolute atomic E-state index is 12.2. The van der Waals surface area contributed by atoms with E-state index < -0.39 is 0 Å². The molecule has 0 saturated heterocycles. The van der Waals surface area contributed by atoms with E-state index in [1.165, 1.54) is 10.5 Å². The normalized spacial score (nSPS) is 10.7. The van der Waals surface area contributed by atoms with Gasteiger partial charge in [-0.3, -0.25) is 9.69 Å². The lowest BCUT2D eigenvalue weighted by atomic mass is 10.2. The van der Waals surface area contributed by atoms with Crippen LogP contribution >= 0.6 is 23.4 Å². The molecule has 0 heterocycles. The number of thioether (sulfide) groups is 1. The molecule has 0 saturated carbocycles. The molecule has 0 aliphatic carbocycles. The van der Waals surface area contributed by atoms with Crippen LogP contribution in [-0.2, 0) is 11.3 Å². The van der Waals surface area contributed by atoms with E-state index in [1.54, 1.807) is 37.1 Å². The lowest BCUT2D eigenvalue weighted by Gasteiger charge is -2.17. The largest absolute Gasteiger partial charge is 0.495 e. The van der Waals surface area contributed by atoms with Gasteiger partial charge in [-0.15, -0.1) is 11.8 Å². The number of carbonyl (C=O) groups excluding carboxylic acids is 1. The summed E-state index contributed by atoms with van der Waals surface area (Å²) in [6.07, 6.45) is 2.05. The molecule has 0 aliphatic heterocycles. The van der Waals surface area contributed by atoms with E-state index >= 15 is 0 Å². The topological polar surface area (TPSA) is 41.6 Å². The average Bonchev–Trinajstić information content (AvgIpc) is 2.55. The van der Waals surface area contributed by atoms with Gasteiger partial charge in [-0.1, -0.05) is 23.7 Å². The van der Waals surface area contributed by atoms with Crippen LogP contribution in [0.15, 0.2) is 47.4 Å². The molecule has 0 spiro atoms. The van der Waals surface area contributed by atoms with Crippen LogP contribution in [-0.4, -0.2) is 37.8 Å². The van der Waals surface area contributed by atoms with Gasteiger partial charge in [0.05, 0.1) is 19.3 Å². The monoisotopic (exact) mass is 364 g/mol. The standard InChI is InChI=1S/C18H21ClN2O2S/c1-21(11-13-4-7-15(24-3)8-5-13)12-18(22)20-16-10-14(19)6-9-17(16)23-2/h4-10H,11-12H2,1-3H3,(H,20,22). The summed E-state index contributed by atoms with van der Waals surface area (Å²) >= 11 is 7.69. The van der Waals surface area contributed by atoms with Crippen molar-refractivity contribution >= 4 is 35.0 Å². The first-order valence-electron chi connectivity index (χ1n) is 7.46. The molecule has 128 valence electrons. The molecule has 6 heteroatoms. The van der Waals surface area contributed by atoms with E-state index in [2.05, 4.69) is 35.8 Å². The van der Waals surface area contributed by atoms with E-state index in [1.807, 2.05) is 11.9 Å². The number of hydrogen-bond donors (Lipinski definition) is 1. The zero-order valence-electron chi connectivity index (χ0n) is 14.0. The molecule has 0 radical (unpaired) electrons. The number of carbonyl (C=O) groups is 1. The third-order valence-corrected chi connectivity index (χ3v) is 4.44. The molecular weight excluding hydrogens is 344 g/mol. The number of rotatable bonds is 7. The lowest BCUT2D eigenvalue weighted by molar-refractivity contribution is -0.117. The van der Waals surface area contributed by atoms with Crippen LogP contribution in [0.5, 0.6) is 5.75 Å². The van der Waals surface area contributed by atoms with Gasteiger partial charge in [-0.2, -0.15) is 0 Å². The quantitative estimate of drug-likeness (QED) is 0.750. The predicted octanol–water partition coefficient (Wildman–Crippen LogP) is 4.14. The highest BCUT2D eigenvalue weighted by atomic mass is 35.5. The number of methoxy groups -OCH3 is 1. The van der Waals surface area contributed by atoms with Crippen molar-refractivity contribution in [2.45, 2.75) is 11.4 Å². The van der Waals surface area contributed by atoms with Crippen LogP contribution in [0, 0.1) is 0 Å². The van der Waals surface area contributed by atoms with Gasteiger partial charge in [0.25, 0.3) is 0 Å². The molecular formula is C18H21ClN2O2S. The van der Waals surface area contributed by atoms with Crippen molar-refractivity contribution in [1.82, 2.24) is 4.90 Å². The maximum atomic E-state index is 12.2. The molecule has 2 aromatic carbocycles. The number of amides is 1. The van der Waals surface area contributed by atoms with Gasteiger partial charge < -0.3 is 10.1 Å². The highest BCUT2D eigenvalue weighted by Gasteiger charge is 2.11. The fourth-order valence-electron chi connectivity index (χ4n) is 2.31. The second-order valence-electron chi connectivity index (χ2n) is 5.41. The molecule has 2 aromatic rings. The molecule has 0 atom stereocenters. The summed E-state index contributed by atoms with van der Waals surface area (Å²) in [7, 11) is 3.47. The number of nitrogens with one attached hydrogen (secondary N) is 1. The Morgan fingerprint density at radius 3 is 2.58 bits per heavy atom. The van der Waals surface area contributed by atoms with Gasteiger partial charge in [-0.05, 0) is 49.2 Å². The van der Waals surface area contributed by atoms with Crippen molar-refractivity contribution in [3.05, 3.63) is 53.1 Å². The molecule has 1 N–H and O–H groups in total. The van der Waals surface area contributed by atoms with Crippen molar-refractivity contribution in [2.75, 3.05) is 32.3 Å². The number of nitrogens with zero attached hydrogens (tertiary/aromatic N) is 1. The smallest absolute Gasteiger partial charge is 0.238 e. The highest BCUT2D eigenvalue weighted by Crippen LogP contribution is 2.27. The third kappa shape index (κ3) is 5.44. The van der Waals surface area contributed by atoms with E-state index in [9.17, 15) is 4.79 Å². The van der Waals surface area contributed by atoms with Crippen molar-refractivity contribution < 1.29 is 9.53 Å².